The summed E-state index contributed by atoms with van der Waals surface area (Å²) >= 11 is 6.15. The molecule has 16 atom stereocenters. The summed E-state index contributed by atoms with van der Waals surface area (Å²) in [6, 6.07) is 49.0. The number of nitrogens with zero attached hydrogens (tertiary/aromatic N) is 8. The molecule has 20 rings (SSSR count). The summed E-state index contributed by atoms with van der Waals surface area (Å²) in [5.74, 6) is -6.58. The van der Waals surface area contributed by atoms with Gasteiger partial charge >= 0.3 is 48.0 Å². The molecular formula is C97H96ClFN8O20. The number of fused-ring (bicyclic) bond motifs is 20. The van der Waals surface area contributed by atoms with Crippen LogP contribution in [0.4, 0.5) is 46.3 Å². The van der Waals surface area contributed by atoms with Crippen LogP contribution in [0, 0.1) is 73.9 Å². The first-order valence-electron chi connectivity index (χ1n) is 42.8. The number of carbonyl (C=O) groups is 12. The molecule has 12 amide bonds. The van der Waals surface area contributed by atoms with Crippen molar-refractivity contribution in [2.75, 3.05) is 72.5 Å². The zero-order chi connectivity index (χ0) is 90.1. The molecule has 0 unspecified atom stereocenters. The normalized spacial score (nSPS) is 28.3. The molecule has 12 heterocycles. The Kier molecular flexibility index (Phi) is 22.1. The van der Waals surface area contributed by atoms with Gasteiger partial charge in [-0.2, -0.15) is 0 Å². The van der Waals surface area contributed by atoms with Crippen LogP contribution < -0.4 is 38.5 Å². The van der Waals surface area contributed by atoms with Gasteiger partial charge in [0.05, 0.1) is 123 Å². The van der Waals surface area contributed by atoms with E-state index in [1.807, 2.05) is 118 Å². The molecule has 0 saturated carbocycles. The lowest BCUT2D eigenvalue weighted by molar-refractivity contribution is -0.155. The number of hydrogen-bond donors (Lipinski definition) is 0. The SMILES string of the molecule is CCOC(=O)[C@@H]1[C@H]2COc3cc(CC)ccc3[C@H]2N2C(=O)N(c3cccc(Cl)c3)C(=O)[C@]12C.CCOC(=O)[C@@H]1[C@H]2COc3ccc(C)cc3[C@@H]2N2C(=O)N(c3ccccc3)C(=O)[C@]12C.CCOC(=O)[C@@H]1[C@H]2COc3ccc(C)cc3[C@H]2N2C(=O)N(c3ccc(F)cc3)C(=O)[C@@]12C.CCOC(=O)[C@@H]1[C@H]2COc3ccccc3[C@@H]2N2C(=O)N(c3cccc(C)c3)C(=O)[C@]12C. The molecule has 658 valence electrons. The number of benzene rings is 8. The molecule has 30 heteroatoms. The number of halogens is 2. The number of ether oxygens (including phenoxy) is 8. The van der Waals surface area contributed by atoms with Crippen LogP contribution in [-0.4, -0.2) is 166 Å². The second kappa shape index (κ2) is 32.7. The molecule has 8 aromatic rings. The Morgan fingerprint density at radius 3 is 1.08 bits per heavy atom. The number of imide groups is 4. The molecule has 0 spiro atoms. The number of hydrogen-bond acceptors (Lipinski definition) is 20. The number of amides is 12. The van der Waals surface area contributed by atoms with Gasteiger partial charge in [0, 0.05) is 50.9 Å². The van der Waals surface area contributed by atoms with Gasteiger partial charge in [-0.15, -0.1) is 0 Å². The van der Waals surface area contributed by atoms with Crippen molar-refractivity contribution in [3.8, 4) is 23.0 Å². The third-order valence-electron chi connectivity index (χ3n) is 27.3. The van der Waals surface area contributed by atoms with Crippen molar-refractivity contribution in [3.05, 3.63) is 237 Å². The predicted molar refractivity (Wildman–Crippen MR) is 460 cm³/mol. The molecule has 0 bridgehead atoms. The maximum absolute atomic E-state index is 13.9. The number of para-hydroxylation sites is 2. The van der Waals surface area contributed by atoms with Crippen molar-refractivity contribution in [1.82, 2.24) is 19.6 Å². The van der Waals surface area contributed by atoms with Gasteiger partial charge in [-0.3, -0.25) is 38.4 Å². The molecule has 12 aliphatic rings. The minimum atomic E-state index is -1.46. The lowest BCUT2D eigenvalue weighted by Gasteiger charge is -2.34. The minimum Gasteiger partial charge on any atom is -0.493 e. The molecular weight excluding hydrogens is 1650 g/mol. The summed E-state index contributed by atoms with van der Waals surface area (Å²) in [7, 11) is 0. The van der Waals surface area contributed by atoms with Crippen LogP contribution in [0.5, 0.6) is 23.0 Å². The standard InChI is InChI=1S/C25H25ClN2O5.C24H23FN2O5.2C24H24N2O5/c1-4-14-9-10-17-19(11-14)33-13-18-20(22(29)32-5-2)25(3)23(30)27(24(31)28(25)21(17)18)16-8-6-7-15(26)12-16;1-4-31-21(28)19-17-12-32-18-10-5-13(2)11-16(18)20(17)27-23(30)26(22(29)24(19,27)3)15-8-6-14(25)7-9-15;1-4-30-21(27)19-17-13-31-18-11-6-5-10-16(18)20(17)26-23(29)25(22(28)24(19,26)3)15-9-7-8-14(2)12-15;1-4-30-21(27)19-17-13-31-18-11-10-14(2)12-16(18)20(17)26-23(29)25(22(28)24(19,26)3)15-8-6-5-7-9-15/h6-12,18,20-21H,4-5,13H2,1-3H3;5-11,17,19-20H,4,12H2,1-3H3;2*5-12,17,19-20H,4,13H2,1-3H3/t18-,20+,21-,25+;17-,19+,20-,24-;2*17-,19+,20+,24+/m1111/s1. The third-order valence-corrected chi connectivity index (χ3v) is 27.6. The van der Waals surface area contributed by atoms with Crippen LogP contribution in [0.15, 0.2) is 182 Å². The molecule has 12 aliphatic heterocycles. The summed E-state index contributed by atoms with van der Waals surface area (Å²) in [6.07, 6.45) is 0.845. The molecule has 8 fully saturated rings. The van der Waals surface area contributed by atoms with Crippen molar-refractivity contribution in [2.24, 2.45) is 47.3 Å². The van der Waals surface area contributed by atoms with Gasteiger partial charge in [0.2, 0.25) is 0 Å². The fraction of sp³-hybridized carbons (Fsp3) is 0.381. The number of esters is 4. The second-order valence-corrected chi connectivity index (χ2v) is 34.8. The van der Waals surface area contributed by atoms with E-state index < -0.39 is 159 Å². The van der Waals surface area contributed by atoms with E-state index in [9.17, 15) is 61.9 Å². The maximum atomic E-state index is 13.9. The van der Waals surface area contributed by atoms with Crippen molar-refractivity contribution in [2.45, 2.75) is 136 Å². The fourth-order valence-corrected chi connectivity index (χ4v) is 22.1. The summed E-state index contributed by atoms with van der Waals surface area (Å²) in [6.45, 7) is 23.0. The molecule has 0 aromatic heterocycles. The van der Waals surface area contributed by atoms with E-state index >= 15 is 0 Å². The van der Waals surface area contributed by atoms with Crippen LogP contribution in [0.25, 0.3) is 0 Å². The zero-order valence-electron chi connectivity index (χ0n) is 72.1. The van der Waals surface area contributed by atoms with Gasteiger partial charge in [0.15, 0.2) is 0 Å². The Morgan fingerprint density at radius 1 is 0.354 bits per heavy atom. The Labute approximate surface area is 737 Å². The average Bonchev–Trinajstić information content (AvgIpc) is 1.54. The van der Waals surface area contributed by atoms with Gasteiger partial charge in [-0.05, 0) is 185 Å². The Balaban J connectivity index is 0.000000119. The lowest BCUT2D eigenvalue weighted by Crippen LogP contribution is -2.51. The van der Waals surface area contributed by atoms with Gasteiger partial charge in [-0.25, -0.2) is 43.2 Å². The van der Waals surface area contributed by atoms with Gasteiger partial charge in [0.25, 0.3) is 23.6 Å². The predicted octanol–water partition coefficient (Wildman–Crippen LogP) is 14.9. The number of carbonyl (C=O) groups excluding carboxylic acids is 12. The van der Waals surface area contributed by atoms with E-state index in [0.29, 0.717) is 45.1 Å². The van der Waals surface area contributed by atoms with Gasteiger partial charge < -0.3 is 57.5 Å². The van der Waals surface area contributed by atoms with Crippen LogP contribution in [0.1, 0.15) is 131 Å². The summed E-state index contributed by atoms with van der Waals surface area (Å²) in [5.41, 5.74) is 3.29. The highest BCUT2D eigenvalue weighted by molar-refractivity contribution is 6.32. The quantitative estimate of drug-likeness (QED) is 0.0588. The van der Waals surface area contributed by atoms with E-state index in [2.05, 4.69) is 6.92 Å². The molecule has 8 aromatic carbocycles. The first kappa shape index (κ1) is 86.0. The van der Waals surface area contributed by atoms with E-state index in [1.54, 1.807) is 131 Å². The maximum Gasteiger partial charge on any atom is 0.332 e. The highest BCUT2D eigenvalue weighted by atomic mass is 35.5. The zero-order valence-corrected chi connectivity index (χ0v) is 72.9. The highest BCUT2D eigenvalue weighted by Gasteiger charge is 2.77. The summed E-state index contributed by atoms with van der Waals surface area (Å²) in [4.78, 5) is 174. The third kappa shape index (κ3) is 13.1. The van der Waals surface area contributed by atoms with Crippen LogP contribution >= 0.6 is 11.6 Å². The first-order valence-corrected chi connectivity index (χ1v) is 43.2. The Bertz CT molecular complexity index is 5900. The Hall–Kier alpha value is -13.2. The van der Waals surface area contributed by atoms with Gasteiger partial charge in [-0.1, -0.05) is 121 Å². The van der Waals surface area contributed by atoms with Gasteiger partial charge in [0.1, 0.15) is 51.0 Å². The second-order valence-electron chi connectivity index (χ2n) is 34.3. The Morgan fingerprint density at radius 2 is 0.685 bits per heavy atom. The molecule has 127 heavy (non-hydrogen) atoms. The molecule has 8 saturated heterocycles. The van der Waals surface area contributed by atoms with Crippen molar-refractivity contribution >= 4 is 106 Å². The van der Waals surface area contributed by atoms with E-state index in [4.69, 9.17) is 49.5 Å². The lowest BCUT2D eigenvalue weighted by atomic mass is 9.77. The van der Waals surface area contributed by atoms with Crippen molar-refractivity contribution < 1.29 is 99.8 Å². The number of rotatable bonds is 13. The smallest absolute Gasteiger partial charge is 0.332 e. The molecule has 28 nitrogen and oxygen atoms in total. The fourth-order valence-electron chi connectivity index (χ4n) is 21.9. The largest absolute Gasteiger partial charge is 0.493 e. The first-order chi connectivity index (χ1) is 60.9. The van der Waals surface area contributed by atoms with Crippen LogP contribution in [0.3, 0.4) is 0 Å². The number of aryl methyl sites for hydroxylation is 4. The highest BCUT2D eigenvalue weighted by Crippen LogP contribution is 2.64. The summed E-state index contributed by atoms with van der Waals surface area (Å²) < 4.78 is 58.9. The van der Waals surface area contributed by atoms with E-state index in [1.165, 1.54) is 39.0 Å². The van der Waals surface area contributed by atoms with E-state index in [0.717, 1.165) is 60.7 Å². The monoisotopic (exact) mass is 1750 g/mol. The summed E-state index contributed by atoms with van der Waals surface area (Å²) in [5, 5.41) is 0.411. The number of anilines is 4. The van der Waals surface area contributed by atoms with E-state index in [-0.39, 0.29) is 70.4 Å². The van der Waals surface area contributed by atoms with Crippen LogP contribution in [-0.2, 0) is 63.7 Å². The average molecular weight is 1750 g/mol. The topological polar surface area (TPSA) is 305 Å². The molecule has 0 aliphatic carbocycles. The molecule has 0 N–H and O–H groups in total. The number of urea groups is 4. The van der Waals surface area contributed by atoms with Crippen molar-refractivity contribution in [3.63, 3.8) is 0 Å². The van der Waals surface area contributed by atoms with Crippen LogP contribution in [0.2, 0.25) is 5.02 Å². The molecule has 0 radical (unpaired) electrons. The van der Waals surface area contributed by atoms with Crippen molar-refractivity contribution in [1.29, 1.82) is 0 Å². The minimum absolute atomic E-state index is 0.156.